The molecule has 7 heteroatoms. The molecule has 3 N–H and O–H groups in total. The molecule has 0 spiro atoms. The fourth-order valence-corrected chi connectivity index (χ4v) is 5.57. The molecule has 1 unspecified atom stereocenters. The molecule has 1 aliphatic carbocycles. The number of carbonyl (C=O) groups excluding carboxylic acids is 2. The first-order chi connectivity index (χ1) is 14.8. The zero-order valence-corrected chi connectivity index (χ0v) is 18.9. The van der Waals surface area contributed by atoms with Gasteiger partial charge in [0.2, 0.25) is 12.7 Å². The molecule has 31 heavy (non-hydrogen) atoms. The lowest BCUT2D eigenvalue weighted by atomic mass is 9.69. The van der Waals surface area contributed by atoms with Crippen LogP contribution in [0.4, 0.5) is 5.00 Å². The van der Waals surface area contributed by atoms with Crippen LogP contribution in [0.2, 0.25) is 0 Å². The summed E-state index contributed by atoms with van der Waals surface area (Å²) >= 11 is 1.48. The summed E-state index contributed by atoms with van der Waals surface area (Å²) in [6.45, 7) is 7.03. The SMILES string of the molecule is CCC(C)(C)C1CCc2c(sc(NC(=O)/C=C/c3ccc4c(c3)OCO4)c2C(N)=O)C1. The van der Waals surface area contributed by atoms with Crippen LogP contribution in [0.3, 0.4) is 0 Å². The number of carbonyl (C=O) groups is 2. The highest BCUT2D eigenvalue weighted by Gasteiger charge is 2.34. The van der Waals surface area contributed by atoms with Crippen molar-refractivity contribution in [1.29, 1.82) is 0 Å². The van der Waals surface area contributed by atoms with E-state index in [1.165, 1.54) is 22.3 Å². The Bertz CT molecular complexity index is 1050. The standard InChI is InChI=1S/C24H28N2O4S/c1-4-24(2,3)15-7-8-16-19(12-15)31-23(21(16)22(25)28)26-20(27)10-6-14-5-9-17-18(11-14)30-13-29-17/h5-6,9-11,15H,4,7-8,12-13H2,1-3H3,(H2,25,28)(H,26,27)/b10-6+. The number of hydrogen-bond acceptors (Lipinski definition) is 5. The fraction of sp³-hybridized carbons (Fsp3) is 0.417. The molecule has 0 radical (unpaired) electrons. The minimum absolute atomic E-state index is 0.207. The smallest absolute Gasteiger partial charge is 0.251 e. The van der Waals surface area contributed by atoms with Gasteiger partial charge < -0.3 is 20.5 Å². The summed E-state index contributed by atoms with van der Waals surface area (Å²) in [6.07, 6.45) is 7.03. The van der Waals surface area contributed by atoms with Gasteiger partial charge in [-0.15, -0.1) is 11.3 Å². The molecule has 2 amide bonds. The number of primary amides is 1. The quantitative estimate of drug-likeness (QED) is 0.633. The molecular formula is C24H28N2O4S. The van der Waals surface area contributed by atoms with Crippen molar-refractivity contribution in [3.8, 4) is 11.5 Å². The van der Waals surface area contributed by atoms with E-state index in [0.717, 1.165) is 36.8 Å². The number of fused-ring (bicyclic) bond motifs is 2. The molecule has 1 aliphatic heterocycles. The van der Waals surface area contributed by atoms with Crippen LogP contribution in [-0.4, -0.2) is 18.6 Å². The molecule has 0 saturated heterocycles. The minimum atomic E-state index is -0.485. The van der Waals surface area contributed by atoms with Gasteiger partial charge in [0.15, 0.2) is 11.5 Å². The second-order valence-corrected chi connectivity index (χ2v) is 9.89. The predicted octanol–water partition coefficient (Wildman–Crippen LogP) is 4.77. The van der Waals surface area contributed by atoms with Crippen LogP contribution in [-0.2, 0) is 17.6 Å². The highest BCUT2D eigenvalue weighted by molar-refractivity contribution is 7.17. The Morgan fingerprint density at radius 3 is 2.81 bits per heavy atom. The topological polar surface area (TPSA) is 90.7 Å². The van der Waals surface area contributed by atoms with Crippen molar-refractivity contribution >= 4 is 34.2 Å². The molecule has 4 rings (SSSR count). The zero-order valence-electron chi connectivity index (χ0n) is 18.1. The van der Waals surface area contributed by atoms with Crippen LogP contribution in [0, 0.1) is 11.3 Å². The number of benzene rings is 1. The van der Waals surface area contributed by atoms with Gasteiger partial charge >= 0.3 is 0 Å². The van der Waals surface area contributed by atoms with Crippen LogP contribution < -0.4 is 20.5 Å². The van der Waals surface area contributed by atoms with E-state index < -0.39 is 5.91 Å². The number of hydrogen-bond donors (Lipinski definition) is 2. The van der Waals surface area contributed by atoms with E-state index in [9.17, 15) is 9.59 Å². The van der Waals surface area contributed by atoms with Crippen molar-refractivity contribution in [3.63, 3.8) is 0 Å². The van der Waals surface area contributed by atoms with E-state index >= 15 is 0 Å². The Morgan fingerprint density at radius 2 is 2.06 bits per heavy atom. The number of ether oxygens (including phenoxy) is 2. The molecule has 1 aromatic carbocycles. The van der Waals surface area contributed by atoms with Gasteiger partial charge in [0.25, 0.3) is 5.91 Å². The highest BCUT2D eigenvalue weighted by Crippen LogP contribution is 2.45. The first-order valence-corrected chi connectivity index (χ1v) is 11.4. The lowest BCUT2D eigenvalue weighted by Crippen LogP contribution is -2.29. The van der Waals surface area contributed by atoms with Gasteiger partial charge in [-0.2, -0.15) is 0 Å². The molecule has 164 valence electrons. The van der Waals surface area contributed by atoms with E-state index in [1.54, 1.807) is 6.08 Å². The minimum Gasteiger partial charge on any atom is -0.454 e. The summed E-state index contributed by atoms with van der Waals surface area (Å²) in [5.41, 5.74) is 8.24. The normalized spacial score (nSPS) is 17.6. The third-order valence-electron chi connectivity index (χ3n) is 6.59. The van der Waals surface area contributed by atoms with Crippen molar-refractivity contribution in [2.75, 3.05) is 12.1 Å². The van der Waals surface area contributed by atoms with Gasteiger partial charge in [-0.3, -0.25) is 9.59 Å². The first-order valence-electron chi connectivity index (χ1n) is 10.6. The van der Waals surface area contributed by atoms with Crippen molar-refractivity contribution < 1.29 is 19.1 Å². The third kappa shape index (κ3) is 4.32. The van der Waals surface area contributed by atoms with Gasteiger partial charge in [0.1, 0.15) is 5.00 Å². The molecule has 6 nitrogen and oxygen atoms in total. The molecule has 1 aromatic heterocycles. The molecule has 0 fully saturated rings. The molecule has 0 saturated carbocycles. The molecule has 2 aromatic rings. The maximum absolute atomic E-state index is 12.6. The largest absolute Gasteiger partial charge is 0.454 e. The number of thiophene rings is 1. The average molecular weight is 441 g/mol. The van der Waals surface area contributed by atoms with Crippen molar-refractivity contribution in [2.24, 2.45) is 17.1 Å². The Morgan fingerprint density at radius 1 is 1.29 bits per heavy atom. The lowest BCUT2D eigenvalue weighted by Gasteiger charge is -2.36. The monoisotopic (exact) mass is 440 g/mol. The number of nitrogens with two attached hydrogens (primary N) is 1. The van der Waals surface area contributed by atoms with Gasteiger partial charge in [-0.25, -0.2) is 0 Å². The van der Waals surface area contributed by atoms with E-state index in [0.29, 0.717) is 28.0 Å². The molecular weight excluding hydrogens is 412 g/mol. The summed E-state index contributed by atoms with van der Waals surface area (Å²) in [6, 6.07) is 5.48. The summed E-state index contributed by atoms with van der Waals surface area (Å²) in [7, 11) is 0. The zero-order chi connectivity index (χ0) is 22.2. The summed E-state index contributed by atoms with van der Waals surface area (Å²) in [5.74, 6) is 1.12. The summed E-state index contributed by atoms with van der Waals surface area (Å²) in [5, 5.41) is 3.42. The Kier molecular flexibility index (Phi) is 5.79. The maximum atomic E-state index is 12.6. The van der Waals surface area contributed by atoms with Crippen LogP contribution in [0.25, 0.3) is 6.08 Å². The first kappa shape index (κ1) is 21.4. The number of anilines is 1. The number of rotatable bonds is 6. The third-order valence-corrected chi connectivity index (χ3v) is 7.76. The highest BCUT2D eigenvalue weighted by atomic mass is 32.1. The lowest BCUT2D eigenvalue weighted by molar-refractivity contribution is -0.111. The van der Waals surface area contributed by atoms with E-state index in [1.807, 2.05) is 18.2 Å². The molecule has 2 heterocycles. The van der Waals surface area contributed by atoms with Crippen LogP contribution in [0.15, 0.2) is 24.3 Å². The number of amides is 2. The Labute approximate surface area is 186 Å². The summed E-state index contributed by atoms with van der Waals surface area (Å²) in [4.78, 5) is 25.9. The second kappa shape index (κ2) is 8.38. The van der Waals surface area contributed by atoms with Crippen LogP contribution >= 0.6 is 11.3 Å². The van der Waals surface area contributed by atoms with Crippen molar-refractivity contribution in [3.05, 3.63) is 45.8 Å². The van der Waals surface area contributed by atoms with Crippen molar-refractivity contribution in [1.82, 2.24) is 0 Å². The maximum Gasteiger partial charge on any atom is 0.251 e. The Balaban J connectivity index is 1.52. The predicted molar refractivity (Wildman–Crippen MR) is 123 cm³/mol. The van der Waals surface area contributed by atoms with Gasteiger partial charge in [0, 0.05) is 11.0 Å². The summed E-state index contributed by atoms with van der Waals surface area (Å²) < 4.78 is 10.7. The fourth-order valence-electron chi connectivity index (χ4n) is 4.23. The van der Waals surface area contributed by atoms with E-state index in [2.05, 4.69) is 26.1 Å². The van der Waals surface area contributed by atoms with Gasteiger partial charge in [0.05, 0.1) is 5.56 Å². The van der Waals surface area contributed by atoms with Gasteiger partial charge in [-0.05, 0) is 59.9 Å². The van der Waals surface area contributed by atoms with E-state index in [4.69, 9.17) is 15.2 Å². The number of nitrogens with one attached hydrogen (secondary N) is 1. The average Bonchev–Trinajstić information content (AvgIpc) is 3.35. The van der Waals surface area contributed by atoms with E-state index in [-0.39, 0.29) is 18.1 Å². The van der Waals surface area contributed by atoms with Gasteiger partial charge in [-0.1, -0.05) is 33.3 Å². The van der Waals surface area contributed by atoms with Crippen molar-refractivity contribution in [2.45, 2.75) is 46.5 Å². The molecule has 0 bridgehead atoms. The Hall–Kier alpha value is -2.80. The second-order valence-electron chi connectivity index (χ2n) is 8.79. The van der Waals surface area contributed by atoms with Crippen LogP contribution in [0.5, 0.6) is 11.5 Å². The molecule has 1 atom stereocenters. The van der Waals surface area contributed by atoms with Crippen LogP contribution in [0.1, 0.15) is 60.0 Å². The molecule has 2 aliphatic rings.